The Morgan fingerprint density at radius 1 is 1.33 bits per heavy atom. The monoisotopic (exact) mass is 385 g/mol. The van der Waals surface area contributed by atoms with Gasteiger partial charge in [-0.05, 0) is 12.3 Å². The van der Waals surface area contributed by atoms with E-state index in [-0.39, 0.29) is 18.0 Å². The van der Waals surface area contributed by atoms with Crippen LogP contribution in [-0.4, -0.2) is 75.2 Å². The molecule has 2 rings (SSSR count). The van der Waals surface area contributed by atoms with Crippen molar-refractivity contribution in [2.24, 2.45) is 5.92 Å². The lowest BCUT2D eigenvalue weighted by molar-refractivity contribution is -0.900. The second kappa shape index (κ2) is 13.1. The fourth-order valence-corrected chi connectivity index (χ4v) is 2.57. The number of carbonyl (C=O) groups excluding carboxylic acids is 2. The summed E-state index contributed by atoms with van der Waals surface area (Å²) in [6.45, 7) is 7.84. The maximum absolute atomic E-state index is 11.7. The number of cyclic esters (lactones) is 1. The summed E-state index contributed by atoms with van der Waals surface area (Å²) in [5.41, 5.74) is 0. The van der Waals surface area contributed by atoms with Crippen molar-refractivity contribution in [2.75, 3.05) is 46.1 Å². The SMILES string of the molecule is CCCOCC1CC(CC#CC[NH+]2CCOCC2)C(=O)O1.O=C([O-])C(=O)O. The first kappa shape index (κ1) is 22.9. The summed E-state index contributed by atoms with van der Waals surface area (Å²) in [6.07, 6.45) is 2.24. The minimum absolute atomic E-state index is 0.0765. The second-order valence-corrected chi connectivity index (χ2v) is 6.26. The van der Waals surface area contributed by atoms with Crippen LogP contribution in [0.2, 0.25) is 0 Å². The number of hydrogen-bond donors (Lipinski definition) is 2. The molecule has 0 aromatic heterocycles. The number of hydrogen-bond acceptors (Lipinski definition) is 7. The van der Waals surface area contributed by atoms with Gasteiger partial charge in [-0.25, -0.2) is 4.79 Å². The zero-order chi connectivity index (χ0) is 20.1. The summed E-state index contributed by atoms with van der Waals surface area (Å²) < 4.78 is 16.1. The molecular formula is C18H27NO8. The van der Waals surface area contributed by atoms with Crippen molar-refractivity contribution in [3.05, 3.63) is 0 Å². The Morgan fingerprint density at radius 2 is 2.00 bits per heavy atom. The summed E-state index contributed by atoms with van der Waals surface area (Å²) in [5.74, 6) is 2.12. The Bertz CT molecular complexity index is 535. The van der Waals surface area contributed by atoms with Gasteiger partial charge in [-0.1, -0.05) is 12.8 Å². The van der Waals surface area contributed by atoms with Crippen molar-refractivity contribution in [1.82, 2.24) is 0 Å². The number of esters is 1. The predicted molar refractivity (Wildman–Crippen MR) is 90.5 cm³/mol. The molecule has 0 aliphatic carbocycles. The van der Waals surface area contributed by atoms with Crippen molar-refractivity contribution in [3.63, 3.8) is 0 Å². The van der Waals surface area contributed by atoms with Crippen LogP contribution in [0.1, 0.15) is 26.2 Å². The van der Waals surface area contributed by atoms with Crippen LogP contribution in [0.5, 0.6) is 0 Å². The van der Waals surface area contributed by atoms with E-state index in [1.54, 1.807) is 0 Å². The highest BCUT2D eigenvalue weighted by Crippen LogP contribution is 2.23. The predicted octanol–water partition coefficient (Wildman–Crippen LogP) is -2.53. The van der Waals surface area contributed by atoms with Crippen molar-refractivity contribution in [2.45, 2.75) is 32.3 Å². The van der Waals surface area contributed by atoms with Crippen molar-refractivity contribution >= 4 is 17.9 Å². The highest BCUT2D eigenvalue weighted by molar-refractivity contribution is 6.26. The third-order valence-electron chi connectivity index (χ3n) is 4.00. The zero-order valence-electron chi connectivity index (χ0n) is 15.5. The number of carboxylic acid groups (broad SMARTS) is 2. The van der Waals surface area contributed by atoms with Crippen LogP contribution in [0.3, 0.4) is 0 Å². The van der Waals surface area contributed by atoms with Gasteiger partial charge in [0.25, 0.3) is 0 Å². The molecule has 152 valence electrons. The Hall–Kier alpha value is -2.15. The highest BCUT2D eigenvalue weighted by Gasteiger charge is 2.33. The lowest BCUT2D eigenvalue weighted by Crippen LogP contribution is -3.14. The number of aliphatic carboxylic acids is 2. The molecule has 9 heteroatoms. The molecule has 0 bridgehead atoms. The van der Waals surface area contributed by atoms with Gasteiger partial charge in [0, 0.05) is 19.4 Å². The topological polar surface area (TPSA) is 127 Å². The van der Waals surface area contributed by atoms with Gasteiger partial charge in [0.05, 0.1) is 25.7 Å². The summed E-state index contributed by atoms with van der Waals surface area (Å²) in [7, 11) is 0. The van der Waals surface area contributed by atoms with Crippen LogP contribution in [0.4, 0.5) is 0 Å². The molecule has 0 saturated carbocycles. The molecule has 2 saturated heterocycles. The normalized spacial score (nSPS) is 22.0. The van der Waals surface area contributed by atoms with Gasteiger partial charge in [0.2, 0.25) is 0 Å². The van der Waals surface area contributed by atoms with Gasteiger partial charge in [-0.15, -0.1) is 0 Å². The average Bonchev–Trinajstić information content (AvgIpc) is 3.00. The Kier molecular flexibility index (Phi) is 11.1. The lowest BCUT2D eigenvalue weighted by atomic mass is 10.0. The van der Waals surface area contributed by atoms with Crippen LogP contribution in [0.25, 0.3) is 0 Å². The van der Waals surface area contributed by atoms with E-state index in [9.17, 15) is 4.79 Å². The van der Waals surface area contributed by atoms with Gasteiger partial charge in [-0.3, -0.25) is 4.79 Å². The number of quaternary nitrogens is 1. The Balaban J connectivity index is 0.000000527. The number of carbonyl (C=O) groups is 3. The molecule has 0 aromatic rings. The van der Waals surface area contributed by atoms with Gasteiger partial charge < -0.3 is 34.1 Å². The van der Waals surface area contributed by atoms with E-state index < -0.39 is 11.9 Å². The highest BCUT2D eigenvalue weighted by atomic mass is 16.6. The number of ether oxygens (including phenoxy) is 3. The molecule has 27 heavy (non-hydrogen) atoms. The van der Waals surface area contributed by atoms with Crippen LogP contribution >= 0.6 is 0 Å². The molecule has 2 fully saturated rings. The molecule has 2 heterocycles. The van der Waals surface area contributed by atoms with E-state index in [1.165, 1.54) is 4.90 Å². The van der Waals surface area contributed by atoms with Crippen molar-refractivity contribution in [3.8, 4) is 11.8 Å². The fourth-order valence-electron chi connectivity index (χ4n) is 2.57. The molecule has 0 aromatic carbocycles. The van der Waals surface area contributed by atoms with E-state index in [1.807, 2.05) is 0 Å². The standard InChI is InChI=1S/C16H25NO4.C2H2O4/c1-2-9-20-13-15-12-14(16(18)21-15)5-3-4-6-17-7-10-19-11-8-17;3-1(4)2(5)6/h14-15H,2,5-13H2,1H3;(H,3,4)(H,5,6). The third-order valence-corrected chi connectivity index (χ3v) is 4.00. The number of carboxylic acids is 2. The van der Waals surface area contributed by atoms with E-state index >= 15 is 0 Å². The maximum atomic E-state index is 11.7. The van der Waals surface area contributed by atoms with E-state index in [4.69, 9.17) is 34.0 Å². The van der Waals surface area contributed by atoms with Gasteiger partial charge in [0.1, 0.15) is 25.7 Å². The molecule has 2 N–H and O–H groups in total. The van der Waals surface area contributed by atoms with Gasteiger partial charge in [-0.2, -0.15) is 0 Å². The first-order chi connectivity index (χ1) is 12.9. The molecule has 0 spiro atoms. The largest absolute Gasteiger partial charge is 0.539 e. The maximum Gasteiger partial charge on any atom is 0.351 e. The zero-order valence-corrected chi connectivity index (χ0v) is 15.5. The van der Waals surface area contributed by atoms with Crippen molar-refractivity contribution in [1.29, 1.82) is 0 Å². The molecule has 0 radical (unpaired) electrons. The van der Waals surface area contributed by atoms with E-state index in [0.29, 0.717) is 13.0 Å². The summed E-state index contributed by atoms with van der Waals surface area (Å²) in [4.78, 5) is 31.2. The van der Waals surface area contributed by atoms with Crippen LogP contribution in [0.15, 0.2) is 0 Å². The Labute approximate surface area is 158 Å². The van der Waals surface area contributed by atoms with E-state index in [0.717, 1.165) is 52.3 Å². The molecule has 9 nitrogen and oxygen atoms in total. The molecule has 2 aliphatic heterocycles. The van der Waals surface area contributed by atoms with Crippen LogP contribution < -0.4 is 10.0 Å². The fraction of sp³-hybridized carbons (Fsp3) is 0.722. The molecule has 2 aliphatic rings. The number of rotatable bonds is 6. The van der Waals surface area contributed by atoms with Crippen molar-refractivity contribution < 1.29 is 43.7 Å². The first-order valence-corrected chi connectivity index (χ1v) is 9.03. The Morgan fingerprint density at radius 3 is 2.59 bits per heavy atom. The molecule has 0 amide bonds. The smallest absolute Gasteiger partial charge is 0.351 e. The van der Waals surface area contributed by atoms with Gasteiger partial charge >= 0.3 is 11.9 Å². The van der Waals surface area contributed by atoms with Gasteiger partial charge in [0.15, 0.2) is 5.97 Å². The lowest BCUT2D eigenvalue weighted by Gasteiger charge is -2.21. The second-order valence-electron chi connectivity index (χ2n) is 6.26. The minimum Gasteiger partial charge on any atom is -0.539 e. The first-order valence-electron chi connectivity index (χ1n) is 9.03. The quantitative estimate of drug-likeness (QED) is 0.222. The number of morpholine rings is 1. The molecule has 2 unspecified atom stereocenters. The van der Waals surface area contributed by atoms with E-state index in [2.05, 4.69) is 18.8 Å². The number of nitrogens with one attached hydrogen (secondary N) is 1. The summed E-state index contributed by atoms with van der Waals surface area (Å²) >= 11 is 0. The molecule has 2 atom stereocenters. The summed E-state index contributed by atoms with van der Waals surface area (Å²) in [5, 5.41) is 16.3. The molecular weight excluding hydrogens is 358 g/mol. The third kappa shape index (κ3) is 9.94. The average molecular weight is 385 g/mol. The minimum atomic E-state index is -2.07. The van der Waals surface area contributed by atoms with Crippen LogP contribution in [-0.2, 0) is 28.6 Å². The van der Waals surface area contributed by atoms with Crippen LogP contribution in [0, 0.1) is 17.8 Å². The summed E-state index contributed by atoms with van der Waals surface area (Å²) in [6, 6.07) is 0.